The standard InChI is InChI=1S/C16H22F3N3O/c17-16(18,19)13-4-1-3-12(9-13)15(23)21-7-2-5-14(10-21)22-8-6-20-11-22/h6,8,11-14H,1-5,7,9-10H2/t12-,13+,14+/m1/s1. The van der Waals surface area contributed by atoms with Crippen molar-refractivity contribution in [3.8, 4) is 0 Å². The van der Waals surface area contributed by atoms with Crippen LogP contribution in [0.5, 0.6) is 0 Å². The Balaban J connectivity index is 1.63. The number of carbonyl (C=O) groups excluding carboxylic acids is 1. The summed E-state index contributed by atoms with van der Waals surface area (Å²) in [5.41, 5.74) is 0. The van der Waals surface area contributed by atoms with E-state index in [2.05, 4.69) is 4.98 Å². The van der Waals surface area contributed by atoms with Crippen LogP contribution in [-0.4, -0.2) is 39.6 Å². The topological polar surface area (TPSA) is 38.1 Å². The number of hydrogen-bond donors (Lipinski definition) is 0. The molecule has 2 heterocycles. The summed E-state index contributed by atoms with van der Waals surface area (Å²) < 4.78 is 40.8. The summed E-state index contributed by atoms with van der Waals surface area (Å²) in [6, 6.07) is 0.178. The van der Waals surface area contributed by atoms with E-state index in [1.165, 1.54) is 0 Å². The summed E-state index contributed by atoms with van der Waals surface area (Å²) in [5.74, 6) is -1.89. The van der Waals surface area contributed by atoms with E-state index in [-0.39, 0.29) is 24.8 Å². The molecule has 1 aromatic rings. The lowest BCUT2D eigenvalue weighted by Gasteiger charge is -2.37. The van der Waals surface area contributed by atoms with Crippen molar-refractivity contribution < 1.29 is 18.0 Å². The van der Waals surface area contributed by atoms with E-state index in [0.29, 0.717) is 25.9 Å². The van der Waals surface area contributed by atoms with Crippen LogP contribution in [0.3, 0.4) is 0 Å². The van der Waals surface area contributed by atoms with Crippen LogP contribution < -0.4 is 0 Å². The highest BCUT2D eigenvalue weighted by Gasteiger charge is 2.44. The van der Waals surface area contributed by atoms with Crippen LogP contribution in [0.4, 0.5) is 13.2 Å². The summed E-state index contributed by atoms with van der Waals surface area (Å²) in [4.78, 5) is 18.5. The van der Waals surface area contributed by atoms with Crippen molar-refractivity contribution in [1.29, 1.82) is 0 Å². The molecule has 1 saturated heterocycles. The van der Waals surface area contributed by atoms with Crippen molar-refractivity contribution in [2.45, 2.75) is 50.7 Å². The van der Waals surface area contributed by atoms with E-state index in [1.54, 1.807) is 17.4 Å². The molecular formula is C16H22F3N3O. The molecule has 1 saturated carbocycles. The molecule has 0 spiro atoms. The Morgan fingerprint density at radius 3 is 2.70 bits per heavy atom. The number of alkyl halides is 3. The highest BCUT2D eigenvalue weighted by Crippen LogP contribution is 2.40. The van der Waals surface area contributed by atoms with Crippen molar-refractivity contribution in [2.75, 3.05) is 13.1 Å². The zero-order chi connectivity index (χ0) is 16.4. The number of imidazole rings is 1. The quantitative estimate of drug-likeness (QED) is 0.834. The minimum absolute atomic E-state index is 0.0470. The van der Waals surface area contributed by atoms with Gasteiger partial charge in [-0.25, -0.2) is 4.98 Å². The Morgan fingerprint density at radius 1 is 1.17 bits per heavy atom. The fraction of sp³-hybridized carbons (Fsp3) is 0.750. The van der Waals surface area contributed by atoms with Crippen molar-refractivity contribution in [2.24, 2.45) is 11.8 Å². The lowest BCUT2D eigenvalue weighted by atomic mass is 9.80. The zero-order valence-electron chi connectivity index (χ0n) is 13.0. The average molecular weight is 329 g/mol. The number of halogens is 3. The number of hydrogen-bond acceptors (Lipinski definition) is 2. The molecule has 7 heteroatoms. The maximum atomic E-state index is 12.9. The molecule has 0 radical (unpaired) electrons. The largest absolute Gasteiger partial charge is 0.391 e. The summed E-state index contributed by atoms with van der Waals surface area (Å²) >= 11 is 0. The number of likely N-dealkylation sites (tertiary alicyclic amines) is 1. The number of piperidine rings is 1. The summed E-state index contributed by atoms with van der Waals surface area (Å²) in [6.07, 6.45) is 4.16. The van der Waals surface area contributed by atoms with Crippen LogP contribution >= 0.6 is 0 Å². The van der Waals surface area contributed by atoms with Gasteiger partial charge in [0.2, 0.25) is 5.91 Å². The predicted molar refractivity (Wildman–Crippen MR) is 78.6 cm³/mol. The normalized spacial score (nSPS) is 29.5. The second-order valence-corrected chi connectivity index (χ2v) is 6.69. The van der Waals surface area contributed by atoms with Gasteiger partial charge in [-0.1, -0.05) is 6.42 Å². The van der Waals surface area contributed by atoms with Gasteiger partial charge in [0.15, 0.2) is 0 Å². The van der Waals surface area contributed by atoms with Crippen LogP contribution in [0.1, 0.15) is 44.6 Å². The van der Waals surface area contributed by atoms with Gasteiger partial charge in [-0.05, 0) is 32.1 Å². The van der Waals surface area contributed by atoms with Gasteiger partial charge in [-0.3, -0.25) is 4.79 Å². The molecule has 2 fully saturated rings. The van der Waals surface area contributed by atoms with Gasteiger partial charge in [-0.15, -0.1) is 0 Å². The molecule has 3 rings (SSSR count). The predicted octanol–water partition coefficient (Wildman–Crippen LogP) is 3.42. The minimum Gasteiger partial charge on any atom is -0.340 e. The first-order chi connectivity index (χ1) is 10.9. The maximum Gasteiger partial charge on any atom is 0.391 e. The Morgan fingerprint density at radius 2 is 2.00 bits per heavy atom. The van der Waals surface area contributed by atoms with E-state index < -0.39 is 18.0 Å². The van der Waals surface area contributed by atoms with E-state index in [4.69, 9.17) is 0 Å². The van der Waals surface area contributed by atoms with Crippen LogP contribution in [0, 0.1) is 11.8 Å². The monoisotopic (exact) mass is 329 g/mol. The number of carbonyl (C=O) groups is 1. The highest BCUT2D eigenvalue weighted by atomic mass is 19.4. The number of nitrogens with zero attached hydrogens (tertiary/aromatic N) is 3. The lowest BCUT2D eigenvalue weighted by molar-refractivity contribution is -0.187. The van der Waals surface area contributed by atoms with Crippen molar-refractivity contribution >= 4 is 5.91 Å². The second kappa shape index (κ2) is 6.53. The Hall–Kier alpha value is -1.53. The van der Waals surface area contributed by atoms with E-state index in [1.807, 2.05) is 10.8 Å². The molecule has 2 aliphatic rings. The SMILES string of the molecule is O=C([C@@H]1CCC[C@H](C(F)(F)F)C1)N1CCC[C@H](n2ccnc2)C1. The molecule has 0 bridgehead atoms. The fourth-order valence-electron chi connectivity index (χ4n) is 3.85. The smallest absolute Gasteiger partial charge is 0.340 e. The van der Waals surface area contributed by atoms with E-state index in [0.717, 1.165) is 12.8 Å². The van der Waals surface area contributed by atoms with E-state index in [9.17, 15) is 18.0 Å². The zero-order valence-corrected chi connectivity index (χ0v) is 13.0. The molecule has 3 atom stereocenters. The molecular weight excluding hydrogens is 307 g/mol. The molecule has 128 valence electrons. The van der Waals surface area contributed by atoms with Crippen LogP contribution in [0.15, 0.2) is 18.7 Å². The number of aromatic nitrogens is 2. The first-order valence-corrected chi connectivity index (χ1v) is 8.28. The first-order valence-electron chi connectivity index (χ1n) is 8.28. The van der Waals surface area contributed by atoms with Gasteiger partial charge in [0, 0.05) is 31.4 Å². The molecule has 1 aromatic heterocycles. The van der Waals surface area contributed by atoms with Crippen molar-refractivity contribution in [1.82, 2.24) is 14.5 Å². The Kier molecular flexibility index (Phi) is 4.64. The third-order valence-corrected chi connectivity index (χ3v) is 5.14. The summed E-state index contributed by atoms with van der Waals surface area (Å²) in [6.45, 7) is 1.22. The van der Waals surface area contributed by atoms with Crippen molar-refractivity contribution in [3.05, 3.63) is 18.7 Å². The molecule has 1 aliphatic heterocycles. The number of amides is 1. The Labute approximate surface area is 133 Å². The molecule has 0 aromatic carbocycles. The van der Waals surface area contributed by atoms with Gasteiger partial charge in [-0.2, -0.15) is 13.2 Å². The number of rotatable bonds is 2. The van der Waals surface area contributed by atoms with Crippen LogP contribution in [0.25, 0.3) is 0 Å². The highest BCUT2D eigenvalue weighted by molar-refractivity contribution is 5.79. The average Bonchev–Trinajstić information content (AvgIpc) is 3.08. The third-order valence-electron chi connectivity index (χ3n) is 5.14. The second-order valence-electron chi connectivity index (χ2n) is 6.69. The molecule has 0 N–H and O–H groups in total. The first kappa shape index (κ1) is 16.3. The van der Waals surface area contributed by atoms with Gasteiger partial charge in [0.1, 0.15) is 0 Å². The summed E-state index contributed by atoms with van der Waals surface area (Å²) in [5, 5.41) is 0. The van der Waals surface area contributed by atoms with Gasteiger partial charge in [0.05, 0.1) is 18.3 Å². The van der Waals surface area contributed by atoms with Crippen LogP contribution in [0.2, 0.25) is 0 Å². The van der Waals surface area contributed by atoms with Gasteiger partial charge >= 0.3 is 6.18 Å². The van der Waals surface area contributed by atoms with Gasteiger partial charge in [0.25, 0.3) is 0 Å². The molecule has 4 nitrogen and oxygen atoms in total. The van der Waals surface area contributed by atoms with Crippen molar-refractivity contribution in [3.63, 3.8) is 0 Å². The lowest BCUT2D eigenvalue weighted by Crippen LogP contribution is -2.45. The van der Waals surface area contributed by atoms with Gasteiger partial charge < -0.3 is 9.47 Å². The molecule has 0 unspecified atom stereocenters. The molecule has 1 aliphatic carbocycles. The summed E-state index contributed by atoms with van der Waals surface area (Å²) in [7, 11) is 0. The molecule has 1 amide bonds. The van der Waals surface area contributed by atoms with Crippen LogP contribution in [-0.2, 0) is 4.79 Å². The minimum atomic E-state index is -4.18. The Bertz CT molecular complexity index is 529. The third kappa shape index (κ3) is 3.70. The van der Waals surface area contributed by atoms with E-state index >= 15 is 0 Å². The molecule has 23 heavy (non-hydrogen) atoms. The fourth-order valence-corrected chi connectivity index (χ4v) is 3.85. The maximum absolute atomic E-state index is 12.9.